The molecular formula is C19H22Cl3NO3. The van der Waals surface area contributed by atoms with E-state index in [4.69, 9.17) is 44.3 Å². The predicted molar refractivity (Wildman–Crippen MR) is 107 cm³/mol. The van der Waals surface area contributed by atoms with Crippen LogP contribution in [0.15, 0.2) is 12.1 Å². The van der Waals surface area contributed by atoms with E-state index in [1.165, 1.54) is 20.3 Å². The largest absolute Gasteiger partial charge is 0.496 e. The summed E-state index contributed by atoms with van der Waals surface area (Å²) in [5, 5.41) is 0.843. The van der Waals surface area contributed by atoms with E-state index in [0.29, 0.717) is 10.8 Å². The van der Waals surface area contributed by atoms with Gasteiger partial charge < -0.3 is 14.5 Å². The lowest BCUT2D eigenvalue weighted by Gasteiger charge is -2.17. The summed E-state index contributed by atoms with van der Waals surface area (Å²) in [6.07, 6.45) is 5.17. The highest BCUT2D eigenvalue weighted by molar-refractivity contribution is 6.42. The summed E-state index contributed by atoms with van der Waals surface area (Å²) in [7, 11) is 3.00. The van der Waals surface area contributed by atoms with Crippen molar-refractivity contribution in [2.45, 2.75) is 39.0 Å². The molecule has 0 aliphatic carbocycles. The Balaban J connectivity index is 2.50. The zero-order valence-corrected chi connectivity index (χ0v) is 17.3. The predicted octanol–water partition coefficient (Wildman–Crippen LogP) is 6.35. The highest BCUT2D eigenvalue weighted by Gasteiger charge is 2.27. The van der Waals surface area contributed by atoms with E-state index in [9.17, 15) is 4.79 Å². The minimum absolute atomic E-state index is 0.203. The Morgan fingerprint density at radius 3 is 2.23 bits per heavy atom. The Morgan fingerprint density at radius 2 is 1.69 bits per heavy atom. The van der Waals surface area contributed by atoms with Crippen LogP contribution in [0, 0.1) is 0 Å². The van der Waals surface area contributed by atoms with Crippen LogP contribution in [0.25, 0.3) is 0 Å². The number of hydrogen-bond donors (Lipinski definition) is 1. The highest BCUT2D eigenvalue weighted by atomic mass is 35.5. The first-order chi connectivity index (χ1) is 12.4. The lowest BCUT2D eigenvalue weighted by atomic mass is 9.98. The van der Waals surface area contributed by atoms with E-state index in [-0.39, 0.29) is 33.0 Å². The van der Waals surface area contributed by atoms with E-state index >= 15 is 0 Å². The molecule has 0 saturated carbocycles. The fourth-order valence-electron chi connectivity index (χ4n) is 2.90. The average Bonchev–Trinajstić information content (AvgIpc) is 2.96. The molecule has 7 heteroatoms. The molecule has 2 rings (SSSR count). The number of carbonyl (C=O) groups is 1. The number of halogens is 3. The maximum atomic E-state index is 13.1. The van der Waals surface area contributed by atoms with Gasteiger partial charge >= 0.3 is 0 Å². The van der Waals surface area contributed by atoms with Crippen molar-refractivity contribution in [1.29, 1.82) is 0 Å². The van der Waals surface area contributed by atoms with Crippen LogP contribution in [-0.2, 0) is 6.42 Å². The van der Waals surface area contributed by atoms with Crippen molar-refractivity contribution in [2.24, 2.45) is 0 Å². The van der Waals surface area contributed by atoms with Crippen LogP contribution in [0.1, 0.15) is 54.2 Å². The molecule has 0 saturated heterocycles. The second-order valence-electron chi connectivity index (χ2n) is 5.94. The number of aromatic nitrogens is 1. The fourth-order valence-corrected chi connectivity index (χ4v) is 3.51. The number of hydrogen-bond acceptors (Lipinski definition) is 3. The molecule has 4 nitrogen and oxygen atoms in total. The van der Waals surface area contributed by atoms with Crippen molar-refractivity contribution in [3.8, 4) is 11.5 Å². The summed E-state index contributed by atoms with van der Waals surface area (Å²) in [6.45, 7) is 2.16. The zero-order valence-electron chi connectivity index (χ0n) is 15.0. The van der Waals surface area contributed by atoms with Gasteiger partial charge in [-0.25, -0.2) is 0 Å². The third-order valence-electron chi connectivity index (χ3n) is 4.17. The van der Waals surface area contributed by atoms with Crippen LogP contribution >= 0.6 is 34.8 Å². The van der Waals surface area contributed by atoms with E-state index in [0.717, 1.165) is 37.7 Å². The smallest absolute Gasteiger partial charge is 0.216 e. The molecule has 26 heavy (non-hydrogen) atoms. The first kappa shape index (κ1) is 20.9. The van der Waals surface area contributed by atoms with Gasteiger partial charge in [-0.2, -0.15) is 0 Å². The SMILES string of the molecule is CCCCCCc1cc(Cl)c(OC)c(C(=O)c2cc(Cl)c(Cl)[nH]2)c1OC. The Labute approximate surface area is 168 Å². The molecule has 0 aliphatic heterocycles. The zero-order chi connectivity index (χ0) is 19.3. The molecule has 0 spiro atoms. The Kier molecular flexibility index (Phi) is 7.69. The molecule has 0 unspecified atom stereocenters. The standard InChI is InChI=1S/C19H22Cl3NO3/c1-4-5-6-7-8-11-9-12(20)18(26-3)15(17(11)25-2)16(24)14-10-13(21)19(22)23-14/h9-10,23H,4-8H2,1-3H3. The number of ketones is 1. The first-order valence-corrected chi connectivity index (χ1v) is 9.60. The summed E-state index contributed by atoms with van der Waals surface area (Å²) in [6, 6.07) is 3.28. The minimum Gasteiger partial charge on any atom is -0.496 e. The molecule has 0 fully saturated rings. The Morgan fingerprint density at radius 1 is 1.00 bits per heavy atom. The number of rotatable bonds is 9. The molecule has 1 aromatic heterocycles. The lowest BCUT2D eigenvalue weighted by molar-refractivity contribution is 0.102. The van der Waals surface area contributed by atoms with Crippen molar-refractivity contribution < 1.29 is 14.3 Å². The van der Waals surface area contributed by atoms with Crippen LogP contribution in [0.2, 0.25) is 15.2 Å². The number of nitrogens with one attached hydrogen (secondary N) is 1. The van der Waals surface area contributed by atoms with Gasteiger partial charge in [-0.05, 0) is 30.5 Å². The maximum absolute atomic E-state index is 13.1. The van der Waals surface area contributed by atoms with Gasteiger partial charge in [0, 0.05) is 0 Å². The van der Waals surface area contributed by atoms with Crippen LogP contribution in [0.3, 0.4) is 0 Å². The third-order valence-corrected chi connectivity index (χ3v) is 5.14. The van der Waals surface area contributed by atoms with Gasteiger partial charge in [-0.3, -0.25) is 4.79 Å². The molecule has 0 atom stereocenters. The quantitative estimate of drug-likeness (QED) is 0.381. The molecular weight excluding hydrogens is 397 g/mol. The average molecular weight is 419 g/mol. The molecule has 2 aromatic rings. The van der Waals surface area contributed by atoms with Gasteiger partial charge in [0.1, 0.15) is 16.5 Å². The normalized spacial score (nSPS) is 10.8. The van der Waals surface area contributed by atoms with E-state index < -0.39 is 0 Å². The second-order valence-corrected chi connectivity index (χ2v) is 7.14. The van der Waals surface area contributed by atoms with Crippen LogP contribution in [0.4, 0.5) is 0 Å². The van der Waals surface area contributed by atoms with Crippen molar-refractivity contribution >= 4 is 40.6 Å². The summed E-state index contributed by atoms with van der Waals surface area (Å²) in [4.78, 5) is 15.9. The van der Waals surface area contributed by atoms with E-state index in [1.54, 1.807) is 6.07 Å². The highest BCUT2D eigenvalue weighted by Crippen LogP contribution is 2.41. The molecule has 0 aliphatic rings. The van der Waals surface area contributed by atoms with Gasteiger partial charge in [-0.15, -0.1) is 0 Å². The maximum Gasteiger partial charge on any atom is 0.216 e. The summed E-state index contributed by atoms with van der Waals surface area (Å²) < 4.78 is 11.0. The van der Waals surface area contributed by atoms with Crippen molar-refractivity contribution in [3.63, 3.8) is 0 Å². The minimum atomic E-state index is -0.343. The number of aromatic amines is 1. The number of methoxy groups -OCH3 is 2. The summed E-state index contributed by atoms with van der Waals surface area (Å²) in [5.74, 6) is 0.395. The molecule has 0 amide bonds. The van der Waals surface area contributed by atoms with Gasteiger partial charge in [0.15, 0.2) is 5.75 Å². The fraction of sp³-hybridized carbons (Fsp3) is 0.421. The Bertz CT molecular complexity index is 767. The number of benzene rings is 1. The number of ether oxygens (including phenoxy) is 2. The van der Waals surface area contributed by atoms with Crippen molar-refractivity contribution in [2.75, 3.05) is 14.2 Å². The number of H-pyrrole nitrogens is 1. The van der Waals surface area contributed by atoms with Gasteiger partial charge in [0.05, 0.1) is 30.0 Å². The molecule has 0 bridgehead atoms. The molecule has 1 heterocycles. The van der Waals surface area contributed by atoms with Crippen molar-refractivity contribution in [1.82, 2.24) is 4.98 Å². The Hall–Kier alpha value is -1.36. The van der Waals surface area contributed by atoms with Crippen LogP contribution in [0.5, 0.6) is 11.5 Å². The van der Waals surface area contributed by atoms with Gasteiger partial charge in [-0.1, -0.05) is 61.0 Å². The molecule has 142 valence electrons. The van der Waals surface area contributed by atoms with Crippen molar-refractivity contribution in [3.05, 3.63) is 44.2 Å². The van der Waals surface area contributed by atoms with Crippen LogP contribution in [-0.4, -0.2) is 25.0 Å². The number of aryl methyl sites for hydroxylation is 1. The topological polar surface area (TPSA) is 51.3 Å². The molecule has 1 aromatic carbocycles. The summed E-state index contributed by atoms with van der Waals surface area (Å²) >= 11 is 18.3. The van der Waals surface area contributed by atoms with E-state index in [2.05, 4.69) is 11.9 Å². The molecule has 1 N–H and O–H groups in total. The number of unbranched alkanes of at least 4 members (excludes halogenated alkanes) is 3. The second kappa shape index (κ2) is 9.54. The van der Waals surface area contributed by atoms with Gasteiger partial charge in [0.25, 0.3) is 0 Å². The summed E-state index contributed by atoms with van der Waals surface area (Å²) in [5.41, 5.74) is 1.39. The number of carbonyl (C=O) groups excluding carboxylic acids is 1. The monoisotopic (exact) mass is 417 g/mol. The third kappa shape index (κ3) is 4.48. The molecule has 0 radical (unpaired) electrons. The van der Waals surface area contributed by atoms with Gasteiger partial charge in [0.2, 0.25) is 5.78 Å². The lowest BCUT2D eigenvalue weighted by Crippen LogP contribution is -2.09. The van der Waals surface area contributed by atoms with E-state index in [1.807, 2.05) is 0 Å². The van der Waals surface area contributed by atoms with Crippen LogP contribution < -0.4 is 9.47 Å². The first-order valence-electron chi connectivity index (χ1n) is 8.46.